The second kappa shape index (κ2) is 6.21. The minimum Gasteiger partial charge on any atom is -0.328 e. The predicted molar refractivity (Wildman–Crippen MR) is 93.2 cm³/mol. The van der Waals surface area contributed by atoms with Gasteiger partial charge in [0.1, 0.15) is 22.4 Å². The molecule has 0 atom stereocenters. The van der Waals surface area contributed by atoms with Gasteiger partial charge in [-0.25, -0.2) is 22.2 Å². The first kappa shape index (κ1) is 16.7. The summed E-state index contributed by atoms with van der Waals surface area (Å²) in [6, 6.07) is 9.07. The Morgan fingerprint density at radius 2 is 1.96 bits per heavy atom. The number of nitrogens with one attached hydrogen (secondary N) is 1. The topological polar surface area (TPSA) is 64.0 Å². The fourth-order valence-electron chi connectivity index (χ4n) is 3.12. The van der Waals surface area contributed by atoms with Gasteiger partial charge in [-0.15, -0.1) is 0 Å². The number of imidazole rings is 1. The SMILES string of the molecule is O=S(=O)(Nc1cccc(-c2cnc3n2CCC3)c1)c1cc(F)ccc1F. The third-order valence-corrected chi connectivity index (χ3v) is 5.71. The van der Waals surface area contributed by atoms with Gasteiger partial charge in [-0.05, 0) is 36.8 Å². The smallest absolute Gasteiger partial charge is 0.264 e. The highest BCUT2D eigenvalue weighted by atomic mass is 32.2. The third-order valence-electron chi connectivity index (χ3n) is 4.31. The lowest BCUT2D eigenvalue weighted by molar-refractivity contribution is 0.555. The molecule has 4 rings (SSSR count). The van der Waals surface area contributed by atoms with Gasteiger partial charge in [0.05, 0.1) is 11.9 Å². The molecule has 134 valence electrons. The Hall–Kier alpha value is -2.74. The molecule has 5 nitrogen and oxygen atoms in total. The fraction of sp³-hybridized carbons (Fsp3) is 0.167. The summed E-state index contributed by atoms with van der Waals surface area (Å²) in [5.41, 5.74) is 1.96. The maximum absolute atomic E-state index is 13.8. The highest BCUT2D eigenvalue weighted by molar-refractivity contribution is 7.92. The van der Waals surface area contributed by atoms with Gasteiger partial charge in [-0.1, -0.05) is 12.1 Å². The molecule has 1 N–H and O–H groups in total. The molecule has 0 unspecified atom stereocenters. The molecule has 0 bridgehead atoms. The quantitative estimate of drug-likeness (QED) is 0.758. The molecular weight excluding hydrogens is 360 g/mol. The highest BCUT2D eigenvalue weighted by Crippen LogP contribution is 2.28. The van der Waals surface area contributed by atoms with Gasteiger partial charge in [-0.3, -0.25) is 4.72 Å². The summed E-state index contributed by atoms with van der Waals surface area (Å²) in [6.07, 6.45) is 3.71. The van der Waals surface area contributed by atoms with Gasteiger partial charge in [0.2, 0.25) is 0 Å². The van der Waals surface area contributed by atoms with E-state index in [0.29, 0.717) is 6.07 Å². The first-order valence-electron chi connectivity index (χ1n) is 8.07. The standard InChI is InChI=1S/C18H15F2N3O2S/c19-13-6-7-15(20)17(10-13)26(24,25)22-14-4-1-3-12(9-14)16-11-21-18-5-2-8-23(16)18/h1,3-4,6-7,9-11,22H,2,5,8H2. The molecule has 1 aliphatic rings. The van der Waals surface area contributed by atoms with Crippen molar-refractivity contribution in [1.29, 1.82) is 0 Å². The third kappa shape index (κ3) is 2.96. The molecule has 2 heterocycles. The number of rotatable bonds is 4. The molecule has 8 heteroatoms. The Kier molecular flexibility index (Phi) is 3.99. The van der Waals surface area contributed by atoms with Gasteiger partial charge >= 0.3 is 0 Å². The Labute approximate surface area is 149 Å². The number of aryl methyl sites for hydroxylation is 1. The number of nitrogens with zero attached hydrogens (tertiary/aromatic N) is 2. The lowest BCUT2D eigenvalue weighted by atomic mass is 10.1. The maximum atomic E-state index is 13.8. The second-order valence-electron chi connectivity index (χ2n) is 6.08. The summed E-state index contributed by atoms with van der Waals surface area (Å²) in [7, 11) is -4.25. The summed E-state index contributed by atoms with van der Waals surface area (Å²) in [5, 5.41) is 0. The number of hydrogen-bond acceptors (Lipinski definition) is 3. The van der Waals surface area contributed by atoms with Crippen molar-refractivity contribution < 1.29 is 17.2 Å². The highest BCUT2D eigenvalue weighted by Gasteiger charge is 2.21. The molecule has 1 aromatic heterocycles. The number of aromatic nitrogens is 2. The lowest BCUT2D eigenvalue weighted by Crippen LogP contribution is -2.15. The minimum atomic E-state index is -4.25. The Balaban J connectivity index is 1.68. The Morgan fingerprint density at radius 3 is 2.81 bits per heavy atom. The monoisotopic (exact) mass is 375 g/mol. The zero-order valence-corrected chi connectivity index (χ0v) is 14.4. The second-order valence-corrected chi connectivity index (χ2v) is 7.73. The van der Waals surface area contributed by atoms with E-state index < -0.39 is 26.6 Å². The summed E-state index contributed by atoms with van der Waals surface area (Å²) in [5.74, 6) is -0.827. The zero-order valence-electron chi connectivity index (χ0n) is 13.6. The number of halogens is 2. The molecule has 1 aliphatic heterocycles. The number of sulfonamides is 1. The van der Waals surface area contributed by atoms with Crippen LogP contribution in [0, 0.1) is 11.6 Å². The average Bonchev–Trinajstić information content (AvgIpc) is 3.20. The van der Waals surface area contributed by atoms with Crippen molar-refractivity contribution in [2.45, 2.75) is 24.3 Å². The van der Waals surface area contributed by atoms with Crippen LogP contribution in [0.1, 0.15) is 12.2 Å². The molecule has 2 aromatic carbocycles. The van der Waals surface area contributed by atoms with E-state index in [2.05, 4.69) is 14.3 Å². The minimum absolute atomic E-state index is 0.264. The van der Waals surface area contributed by atoms with Crippen molar-refractivity contribution in [3.05, 3.63) is 66.1 Å². The molecule has 0 saturated carbocycles. The van der Waals surface area contributed by atoms with Crippen LogP contribution in [0.2, 0.25) is 0 Å². The number of hydrogen-bond donors (Lipinski definition) is 1. The van der Waals surface area contributed by atoms with Crippen LogP contribution in [0.15, 0.2) is 53.6 Å². The maximum Gasteiger partial charge on any atom is 0.264 e. The normalized spacial score (nSPS) is 13.6. The van der Waals surface area contributed by atoms with E-state index in [4.69, 9.17) is 0 Å². The first-order chi connectivity index (χ1) is 12.4. The lowest BCUT2D eigenvalue weighted by Gasteiger charge is -2.11. The van der Waals surface area contributed by atoms with E-state index >= 15 is 0 Å². The van der Waals surface area contributed by atoms with Crippen LogP contribution in [-0.2, 0) is 23.0 Å². The first-order valence-corrected chi connectivity index (χ1v) is 9.55. The van der Waals surface area contributed by atoms with Crippen LogP contribution in [0.5, 0.6) is 0 Å². The van der Waals surface area contributed by atoms with E-state index in [-0.39, 0.29) is 5.69 Å². The van der Waals surface area contributed by atoms with Gasteiger partial charge in [-0.2, -0.15) is 0 Å². The van der Waals surface area contributed by atoms with E-state index in [1.807, 2.05) is 6.07 Å². The van der Waals surface area contributed by atoms with Gasteiger partial charge < -0.3 is 4.57 Å². The summed E-state index contributed by atoms with van der Waals surface area (Å²) < 4.78 is 56.4. The Bertz CT molecular complexity index is 1090. The number of benzene rings is 2. The van der Waals surface area contributed by atoms with Crippen LogP contribution in [-0.4, -0.2) is 18.0 Å². The molecule has 0 amide bonds. The molecule has 26 heavy (non-hydrogen) atoms. The molecule has 0 fully saturated rings. The zero-order chi connectivity index (χ0) is 18.3. The van der Waals surface area contributed by atoms with E-state index in [9.17, 15) is 17.2 Å². The van der Waals surface area contributed by atoms with Gasteiger partial charge in [0.15, 0.2) is 0 Å². The molecule has 0 radical (unpaired) electrons. The van der Waals surface area contributed by atoms with Crippen molar-refractivity contribution in [3.63, 3.8) is 0 Å². The summed E-state index contributed by atoms with van der Waals surface area (Å²) in [6.45, 7) is 0.870. The van der Waals surface area contributed by atoms with Crippen LogP contribution in [0.25, 0.3) is 11.3 Å². The fourth-order valence-corrected chi connectivity index (χ4v) is 4.26. The van der Waals surface area contributed by atoms with Crippen molar-refractivity contribution in [3.8, 4) is 11.3 Å². The Morgan fingerprint density at radius 1 is 1.12 bits per heavy atom. The summed E-state index contributed by atoms with van der Waals surface area (Å²) in [4.78, 5) is 3.65. The van der Waals surface area contributed by atoms with Crippen molar-refractivity contribution in [2.75, 3.05) is 4.72 Å². The number of anilines is 1. The van der Waals surface area contributed by atoms with E-state index in [1.165, 1.54) is 0 Å². The average molecular weight is 375 g/mol. The molecule has 0 aliphatic carbocycles. The van der Waals surface area contributed by atoms with Crippen LogP contribution in [0.4, 0.5) is 14.5 Å². The predicted octanol–water partition coefficient (Wildman–Crippen LogP) is 3.58. The van der Waals surface area contributed by atoms with Crippen molar-refractivity contribution >= 4 is 15.7 Å². The van der Waals surface area contributed by atoms with E-state index in [1.54, 1.807) is 24.4 Å². The van der Waals surface area contributed by atoms with Crippen molar-refractivity contribution in [1.82, 2.24) is 9.55 Å². The van der Waals surface area contributed by atoms with Crippen LogP contribution < -0.4 is 4.72 Å². The molecule has 0 spiro atoms. The van der Waals surface area contributed by atoms with Crippen LogP contribution >= 0.6 is 0 Å². The van der Waals surface area contributed by atoms with E-state index in [0.717, 1.165) is 48.6 Å². The van der Waals surface area contributed by atoms with Crippen molar-refractivity contribution in [2.24, 2.45) is 0 Å². The van der Waals surface area contributed by atoms with Crippen LogP contribution in [0.3, 0.4) is 0 Å². The van der Waals surface area contributed by atoms with Gasteiger partial charge in [0.25, 0.3) is 10.0 Å². The van der Waals surface area contributed by atoms with Gasteiger partial charge in [0, 0.05) is 24.2 Å². The number of fused-ring (bicyclic) bond motifs is 1. The summed E-state index contributed by atoms with van der Waals surface area (Å²) >= 11 is 0. The molecule has 0 saturated heterocycles. The molecule has 3 aromatic rings. The molecular formula is C18H15F2N3O2S. The largest absolute Gasteiger partial charge is 0.328 e.